The van der Waals surface area contributed by atoms with Gasteiger partial charge in [-0.2, -0.15) is 5.10 Å². The molecule has 1 fully saturated rings. The zero-order chi connectivity index (χ0) is 14.5. The van der Waals surface area contributed by atoms with Crippen molar-refractivity contribution in [2.45, 2.75) is 25.4 Å². The Bertz CT molecular complexity index is 506. The molecule has 112 valence electrons. The lowest BCUT2D eigenvalue weighted by Crippen LogP contribution is -2.45. The minimum atomic E-state index is -0.105. The number of ether oxygens (including phenoxy) is 1. The van der Waals surface area contributed by atoms with Crippen LogP contribution in [0.4, 0.5) is 5.69 Å². The minimum absolute atomic E-state index is 0.105. The Hall–Kier alpha value is -0.920. The van der Waals surface area contributed by atoms with Gasteiger partial charge in [-0.05, 0) is 35.8 Å². The Kier molecular flexibility index (Phi) is 5.56. The first-order chi connectivity index (χ1) is 9.67. The van der Waals surface area contributed by atoms with Crippen LogP contribution in [-0.4, -0.2) is 49.7 Å². The summed E-state index contributed by atoms with van der Waals surface area (Å²) < 4.78 is 6.99. The third kappa shape index (κ3) is 3.39. The fraction of sp³-hybridized carbons (Fsp3) is 0.692. The molecule has 0 amide bonds. The van der Waals surface area contributed by atoms with Crippen molar-refractivity contribution in [3.63, 3.8) is 0 Å². The average molecular weight is 345 g/mol. The minimum Gasteiger partial charge on any atom is -0.383 e. The van der Waals surface area contributed by atoms with E-state index in [4.69, 9.17) is 4.74 Å². The molecule has 1 aliphatic rings. The molecule has 1 aromatic rings. The second-order valence-electron chi connectivity index (χ2n) is 4.94. The molecule has 0 spiro atoms. The Labute approximate surface area is 127 Å². The third-order valence-corrected chi connectivity index (χ3v) is 4.39. The monoisotopic (exact) mass is 344 g/mol. The number of halogens is 1. The molecular formula is C13H21BrN4O2. The number of nitrogens with one attached hydrogen (secondary N) is 1. The lowest BCUT2D eigenvalue weighted by Gasteiger charge is -2.34. The van der Waals surface area contributed by atoms with Gasteiger partial charge >= 0.3 is 0 Å². The molecule has 1 aliphatic heterocycles. The average Bonchev–Trinajstić information content (AvgIpc) is 2.49. The molecule has 0 aromatic carbocycles. The summed E-state index contributed by atoms with van der Waals surface area (Å²) in [7, 11) is 3.59. The van der Waals surface area contributed by atoms with Crippen molar-refractivity contribution in [3.05, 3.63) is 21.0 Å². The Morgan fingerprint density at radius 3 is 3.10 bits per heavy atom. The first-order valence-electron chi connectivity index (χ1n) is 6.84. The van der Waals surface area contributed by atoms with E-state index in [9.17, 15) is 4.79 Å². The van der Waals surface area contributed by atoms with Crippen LogP contribution >= 0.6 is 15.9 Å². The van der Waals surface area contributed by atoms with Crippen molar-refractivity contribution >= 4 is 21.6 Å². The van der Waals surface area contributed by atoms with Crippen molar-refractivity contribution in [1.82, 2.24) is 15.1 Å². The fourth-order valence-electron chi connectivity index (χ4n) is 2.45. The van der Waals surface area contributed by atoms with Gasteiger partial charge in [0.15, 0.2) is 0 Å². The van der Waals surface area contributed by atoms with Gasteiger partial charge in [0.1, 0.15) is 4.47 Å². The van der Waals surface area contributed by atoms with Crippen LogP contribution in [0.5, 0.6) is 0 Å². The van der Waals surface area contributed by atoms with Gasteiger partial charge in [0.2, 0.25) is 0 Å². The maximum Gasteiger partial charge on any atom is 0.283 e. The molecule has 0 radical (unpaired) electrons. The molecule has 1 atom stereocenters. The lowest BCUT2D eigenvalue weighted by molar-refractivity contribution is 0.181. The number of methoxy groups -OCH3 is 1. The van der Waals surface area contributed by atoms with Crippen LogP contribution in [0.25, 0.3) is 0 Å². The summed E-state index contributed by atoms with van der Waals surface area (Å²) in [4.78, 5) is 14.5. The van der Waals surface area contributed by atoms with Gasteiger partial charge < -0.3 is 15.0 Å². The van der Waals surface area contributed by atoms with Crippen LogP contribution in [0.3, 0.4) is 0 Å². The molecule has 20 heavy (non-hydrogen) atoms. The molecule has 1 unspecified atom stereocenters. The fourth-order valence-corrected chi connectivity index (χ4v) is 3.00. The van der Waals surface area contributed by atoms with Crippen LogP contribution in [0, 0.1) is 0 Å². The molecule has 1 N–H and O–H groups in total. The predicted octanol–water partition coefficient (Wildman–Crippen LogP) is 0.840. The number of aromatic nitrogens is 2. The van der Waals surface area contributed by atoms with E-state index in [-0.39, 0.29) is 5.56 Å². The molecule has 7 heteroatoms. The largest absolute Gasteiger partial charge is 0.383 e. The molecular weight excluding hydrogens is 324 g/mol. The molecule has 0 aliphatic carbocycles. The van der Waals surface area contributed by atoms with Crippen molar-refractivity contribution in [2.24, 2.45) is 0 Å². The van der Waals surface area contributed by atoms with E-state index in [1.165, 1.54) is 11.1 Å². The summed E-state index contributed by atoms with van der Waals surface area (Å²) in [6.45, 7) is 2.80. The Morgan fingerprint density at radius 2 is 2.40 bits per heavy atom. The highest BCUT2D eigenvalue weighted by molar-refractivity contribution is 9.10. The molecule has 0 saturated carbocycles. The standard InChI is InChI=1S/C13H21BrN4O2/c1-15-10-4-3-5-17(9-10)11-8-16-18(6-7-20-2)13(19)12(11)14/h8,10,15H,3-7,9H2,1-2H3. The van der Waals surface area contributed by atoms with Crippen molar-refractivity contribution < 1.29 is 4.74 Å². The van der Waals surface area contributed by atoms with Crippen LogP contribution in [0.15, 0.2) is 15.5 Å². The van der Waals surface area contributed by atoms with Gasteiger partial charge in [0, 0.05) is 26.2 Å². The topological polar surface area (TPSA) is 59.4 Å². The summed E-state index contributed by atoms with van der Waals surface area (Å²) in [5.41, 5.74) is 0.773. The summed E-state index contributed by atoms with van der Waals surface area (Å²) in [6, 6.07) is 0.464. The maximum atomic E-state index is 12.2. The number of rotatable bonds is 5. The van der Waals surface area contributed by atoms with Crippen molar-refractivity contribution in [2.75, 3.05) is 38.8 Å². The second-order valence-corrected chi connectivity index (χ2v) is 5.73. The number of likely N-dealkylation sites (N-methyl/N-ethyl adjacent to an activating group) is 1. The van der Waals surface area contributed by atoms with E-state index in [0.29, 0.717) is 23.7 Å². The highest BCUT2D eigenvalue weighted by Crippen LogP contribution is 2.24. The Balaban J connectivity index is 2.20. The van der Waals surface area contributed by atoms with E-state index in [2.05, 4.69) is 31.2 Å². The van der Waals surface area contributed by atoms with Crippen molar-refractivity contribution in [3.8, 4) is 0 Å². The quantitative estimate of drug-likeness (QED) is 0.857. The number of piperidine rings is 1. The van der Waals surface area contributed by atoms with Gasteiger partial charge in [0.05, 0.1) is 25.0 Å². The third-order valence-electron chi connectivity index (χ3n) is 3.64. The number of nitrogens with zero attached hydrogens (tertiary/aromatic N) is 3. The Morgan fingerprint density at radius 1 is 1.60 bits per heavy atom. The van der Waals surface area contributed by atoms with Crippen LogP contribution < -0.4 is 15.8 Å². The van der Waals surface area contributed by atoms with Crippen LogP contribution in [-0.2, 0) is 11.3 Å². The zero-order valence-electron chi connectivity index (χ0n) is 11.9. The summed E-state index contributed by atoms with van der Waals surface area (Å²) >= 11 is 3.42. The second kappa shape index (κ2) is 7.19. The van der Waals surface area contributed by atoms with E-state index in [0.717, 1.165) is 25.2 Å². The number of hydrogen-bond acceptors (Lipinski definition) is 5. The molecule has 2 heterocycles. The SMILES string of the molecule is CNC1CCCN(c2cnn(CCOC)c(=O)c2Br)C1. The van der Waals surface area contributed by atoms with Crippen LogP contribution in [0.2, 0.25) is 0 Å². The number of hydrogen-bond donors (Lipinski definition) is 1. The van der Waals surface area contributed by atoms with E-state index >= 15 is 0 Å². The van der Waals surface area contributed by atoms with E-state index < -0.39 is 0 Å². The summed E-state index contributed by atoms with van der Waals surface area (Å²) in [5, 5.41) is 7.53. The molecule has 2 rings (SSSR count). The predicted molar refractivity (Wildman–Crippen MR) is 82.4 cm³/mol. The van der Waals surface area contributed by atoms with E-state index in [1.807, 2.05) is 7.05 Å². The normalized spacial score (nSPS) is 19.4. The first kappa shape index (κ1) is 15.5. The molecule has 1 aromatic heterocycles. The number of anilines is 1. The molecule has 6 nitrogen and oxygen atoms in total. The van der Waals surface area contributed by atoms with Gasteiger partial charge in [0.25, 0.3) is 5.56 Å². The smallest absolute Gasteiger partial charge is 0.283 e. The van der Waals surface area contributed by atoms with Gasteiger partial charge in [-0.25, -0.2) is 4.68 Å². The van der Waals surface area contributed by atoms with Crippen LogP contribution in [0.1, 0.15) is 12.8 Å². The summed E-state index contributed by atoms with van der Waals surface area (Å²) in [6.07, 6.45) is 4.05. The molecule has 1 saturated heterocycles. The lowest BCUT2D eigenvalue weighted by atomic mass is 10.1. The first-order valence-corrected chi connectivity index (χ1v) is 7.63. The van der Waals surface area contributed by atoms with Gasteiger partial charge in [-0.3, -0.25) is 4.79 Å². The maximum absolute atomic E-state index is 12.2. The van der Waals surface area contributed by atoms with Gasteiger partial charge in [-0.1, -0.05) is 0 Å². The zero-order valence-corrected chi connectivity index (χ0v) is 13.5. The summed E-state index contributed by atoms with van der Waals surface area (Å²) in [5.74, 6) is 0. The van der Waals surface area contributed by atoms with Gasteiger partial charge in [-0.15, -0.1) is 0 Å². The highest BCUT2D eigenvalue weighted by atomic mass is 79.9. The van der Waals surface area contributed by atoms with Crippen molar-refractivity contribution in [1.29, 1.82) is 0 Å². The molecule has 0 bridgehead atoms. The van der Waals surface area contributed by atoms with E-state index in [1.54, 1.807) is 13.3 Å². The highest BCUT2D eigenvalue weighted by Gasteiger charge is 2.22.